The number of aliphatic hydroxyl groups is 3. The highest BCUT2D eigenvalue weighted by molar-refractivity contribution is 7.46. The summed E-state index contributed by atoms with van der Waals surface area (Å²) in [7, 11) is -4.86. The lowest BCUT2D eigenvalue weighted by atomic mass is 9.87. The van der Waals surface area contributed by atoms with Crippen LogP contribution < -0.4 is 0 Å². The molecule has 0 amide bonds. The van der Waals surface area contributed by atoms with Crippen LogP contribution >= 0.6 is 7.82 Å². The Bertz CT molecular complexity index is 1110. The van der Waals surface area contributed by atoms with E-state index in [0.29, 0.717) is 25.7 Å². The molecule has 0 radical (unpaired) electrons. The lowest BCUT2D eigenvalue weighted by molar-refractivity contribution is -0.161. The summed E-state index contributed by atoms with van der Waals surface area (Å²) in [5.74, 6) is -2.20. The molecule has 314 valence electrons. The van der Waals surface area contributed by atoms with Gasteiger partial charge in [0.05, 0.1) is 24.9 Å². The van der Waals surface area contributed by atoms with Gasteiger partial charge in [0, 0.05) is 43.9 Å². The summed E-state index contributed by atoms with van der Waals surface area (Å²) in [4.78, 5) is 55.8. The van der Waals surface area contributed by atoms with Gasteiger partial charge in [-0.1, -0.05) is 109 Å². The first-order valence-electron chi connectivity index (χ1n) is 20.8. The molecule has 6 atom stereocenters. The zero-order chi connectivity index (χ0) is 40.0. The second-order valence-electron chi connectivity index (χ2n) is 14.9. The third-order valence-electron chi connectivity index (χ3n) is 9.92. The van der Waals surface area contributed by atoms with Crippen LogP contribution in [-0.2, 0) is 32.9 Å². The molecule has 5 N–H and O–H groups in total. The lowest BCUT2D eigenvalue weighted by Gasteiger charge is -2.20. The topological polar surface area (TPSA) is 197 Å². The molecule has 0 aromatic rings. The first kappa shape index (κ1) is 50.1. The van der Waals surface area contributed by atoms with Gasteiger partial charge in [0.25, 0.3) is 0 Å². The van der Waals surface area contributed by atoms with Gasteiger partial charge in [-0.2, -0.15) is 0 Å². The van der Waals surface area contributed by atoms with Gasteiger partial charge >= 0.3 is 19.8 Å². The highest BCUT2D eigenvalue weighted by Crippen LogP contribution is 2.37. The second kappa shape index (κ2) is 31.2. The molecule has 0 bridgehead atoms. The molecular weight excluding hydrogens is 715 g/mol. The fourth-order valence-electron chi connectivity index (χ4n) is 6.72. The first-order valence-corrected chi connectivity index (χ1v) is 22.3. The van der Waals surface area contributed by atoms with Crippen LogP contribution in [-0.4, -0.2) is 80.5 Å². The number of hydrogen-bond acceptors (Lipinski definition) is 10. The maximum atomic E-state index is 12.8. The second-order valence-corrected chi connectivity index (χ2v) is 16.2. The molecule has 12 nitrogen and oxygen atoms in total. The lowest BCUT2D eigenvalue weighted by Crippen LogP contribution is -2.29. The smallest absolute Gasteiger partial charge is 0.462 e. The van der Waals surface area contributed by atoms with Gasteiger partial charge in [0.1, 0.15) is 12.4 Å². The summed E-state index contributed by atoms with van der Waals surface area (Å²) in [6, 6.07) is 0. The number of Topliss-reactive ketones (excluding diaryl/α,β-unsaturated/α-hetero) is 1. The maximum absolute atomic E-state index is 12.8. The van der Waals surface area contributed by atoms with Gasteiger partial charge in [-0.15, -0.1) is 0 Å². The average Bonchev–Trinajstić information content (AvgIpc) is 3.38. The molecule has 0 aliphatic heterocycles. The number of aliphatic hydroxyl groups excluding tert-OH is 3. The van der Waals surface area contributed by atoms with Crippen molar-refractivity contribution in [3.63, 3.8) is 0 Å². The van der Waals surface area contributed by atoms with Crippen LogP contribution in [0.15, 0.2) is 24.3 Å². The number of carbonyl (C=O) groups is 3. The Morgan fingerprint density at radius 1 is 0.722 bits per heavy atom. The molecule has 1 fully saturated rings. The first-order chi connectivity index (χ1) is 25.9. The number of allylic oxidation sites excluding steroid dienone is 2. The van der Waals surface area contributed by atoms with E-state index >= 15 is 0 Å². The Morgan fingerprint density at radius 3 is 1.93 bits per heavy atom. The number of hydrogen-bond donors (Lipinski definition) is 5. The van der Waals surface area contributed by atoms with Gasteiger partial charge in [-0.05, 0) is 51.4 Å². The van der Waals surface area contributed by atoms with Gasteiger partial charge in [0.15, 0.2) is 6.10 Å². The van der Waals surface area contributed by atoms with Crippen molar-refractivity contribution in [3.05, 3.63) is 24.3 Å². The normalized spacial score (nSPS) is 20.1. The molecule has 54 heavy (non-hydrogen) atoms. The number of rotatable bonds is 34. The van der Waals surface area contributed by atoms with E-state index in [1.807, 2.05) is 0 Å². The highest BCUT2D eigenvalue weighted by Gasteiger charge is 2.41. The van der Waals surface area contributed by atoms with E-state index in [1.54, 1.807) is 12.2 Å². The molecule has 0 unspecified atom stereocenters. The quantitative estimate of drug-likeness (QED) is 0.0183. The third-order valence-corrected chi connectivity index (χ3v) is 10.4. The summed E-state index contributed by atoms with van der Waals surface area (Å²) < 4.78 is 26.3. The molecule has 0 saturated heterocycles. The van der Waals surface area contributed by atoms with E-state index in [1.165, 1.54) is 44.9 Å². The minimum atomic E-state index is -4.86. The molecule has 1 aliphatic rings. The summed E-state index contributed by atoms with van der Waals surface area (Å²) in [5.41, 5.74) is 0. The Morgan fingerprint density at radius 2 is 1.28 bits per heavy atom. The van der Waals surface area contributed by atoms with Gasteiger partial charge in [-0.25, -0.2) is 4.57 Å². The van der Waals surface area contributed by atoms with Crippen LogP contribution in [0.2, 0.25) is 0 Å². The molecule has 1 aliphatic carbocycles. The fraction of sp³-hybridized carbons (Fsp3) is 0.829. The Hall–Kier alpha value is -1.92. The van der Waals surface area contributed by atoms with E-state index in [0.717, 1.165) is 51.4 Å². The van der Waals surface area contributed by atoms with E-state index in [4.69, 9.17) is 19.3 Å². The number of phosphoric ester groups is 1. The summed E-state index contributed by atoms with van der Waals surface area (Å²) in [5, 5.41) is 31.2. The number of phosphoric acid groups is 1. The van der Waals surface area contributed by atoms with Crippen molar-refractivity contribution in [2.24, 2.45) is 11.8 Å². The maximum Gasteiger partial charge on any atom is 0.469 e. The predicted octanol–water partition coefficient (Wildman–Crippen LogP) is 7.96. The van der Waals surface area contributed by atoms with Gasteiger partial charge in [-0.3, -0.25) is 18.9 Å². The Balaban J connectivity index is 2.33. The molecule has 1 saturated carbocycles. The van der Waals surface area contributed by atoms with Crippen molar-refractivity contribution in [1.82, 2.24) is 0 Å². The standard InChI is InChI=1S/C41H73O12P/c1-3-5-7-8-9-10-11-12-13-14-15-16-17-18-20-25-40(46)51-31-35(32-52-54(48,49)50)53-41(47)26-22-21-24-34(43)29-37-36(38(44)30-39(37)45)28-27-33(42)23-19-6-4-2/h10-11,27-28,33,35-39,42,44-45H,3-9,12-26,29-32H2,1-2H3,(H2,48,49,50)/b11-10-,28-27+/t33-,35+,36+,37+,38+,39-/m0/s1. The monoisotopic (exact) mass is 788 g/mol. The molecule has 0 aromatic carbocycles. The van der Waals surface area contributed by atoms with Crippen LogP contribution in [0, 0.1) is 11.8 Å². The number of ether oxygens (including phenoxy) is 2. The number of ketones is 1. The molecule has 1 rings (SSSR count). The molecule has 0 heterocycles. The van der Waals surface area contributed by atoms with Crippen LogP contribution in [0.25, 0.3) is 0 Å². The average molecular weight is 789 g/mol. The molecule has 13 heteroatoms. The number of esters is 2. The molecule has 0 spiro atoms. The van der Waals surface area contributed by atoms with Crippen molar-refractivity contribution < 1.29 is 58.1 Å². The van der Waals surface area contributed by atoms with Crippen molar-refractivity contribution >= 4 is 25.5 Å². The summed E-state index contributed by atoms with van der Waals surface area (Å²) in [6.07, 6.45) is 23.9. The Kier molecular flexibility index (Phi) is 28.9. The molecule has 0 aromatic heterocycles. The summed E-state index contributed by atoms with van der Waals surface area (Å²) in [6.45, 7) is 3.24. The van der Waals surface area contributed by atoms with Gasteiger partial charge in [0.2, 0.25) is 0 Å². The van der Waals surface area contributed by atoms with Crippen molar-refractivity contribution in [2.45, 2.75) is 192 Å². The SMILES string of the molecule is CCCCCC/C=C\CCCCCCCCCC(=O)OC[C@H](COP(=O)(O)O)OC(=O)CCCCC(=O)C[C@@H]1[C@@H](/C=C/[C@@H](O)CCCCC)[C@H](O)C[C@@H]1O. The van der Waals surface area contributed by atoms with E-state index in [-0.39, 0.29) is 37.9 Å². The number of carbonyl (C=O) groups excluding carboxylic acids is 3. The zero-order valence-electron chi connectivity index (χ0n) is 33.2. The van der Waals surface area contributed by atoms with Crippen LogP contribution in [0.3, 0.4) is 0 Å². The van der Waals surface area contributed by atoms with Gasteiger partial charge < -0.3 is 34.6 Å². The summed E-state index contributed by atoms with van der Waals surface area (Å²) >= 11 is 0. The minimum Gasteiger partial charge on any atom is -0.462 e. The zero-order valence-corrected chi connectivity index (χ0v) is 34.1. The minimum absolute atomic E-state index is 0.0637. The van der Waals surface area contributed by atoms with Crippen molar-refractivity contribution in [1.29, 1.82) is 0 Å². The van der Waals surface area contributed by atoms with Crippen molar-refractivity contribution in [3.8, 4) is 0 Å². The number of unbranched alkanes of at least 4 members (excludes halogenated alkanes) is 14. The van der Waals surface area contributed by atoms with Crippen LogP contribution in [0.1, 0.15) is 168 Å². The highest BCUT2D eigenvalue weighted by atomic mass is 31.2. The van der Waals surface area contributed by atoms with Crippen LogP contribution in [0.4, 0.5) is 0 Å². The predicted molar refractivity (Wildman–Crippen MR) is 209 cm³/mol. The van der Waals surface area contributed by atoms with Crippen LogP contribution in [0.5, 0.6) is 0 Å². The van der Waals surface area contributed by atoms with Crippen molar-refractivity contribution in [2.75, 3.05) is 13.2 Å². The Labute approximate surface area is 324 Å². The van der Waals surface area contributed by atoms with E-state index in [2.05, 4.69) is 30.5 Å². The van der Waals surface area contributed by atoms with E-state index in [9.17, 15) is 34.3 Å². The molecular formula is C41H73O12P. The fourth-order valence-corrected chi connectivity index (χ4v) is 7.08. The third kappa shape index (κ3) is 26.8. The largest absolute Gasteiger partial charge is 0.469 e. The van der Waals surface area contributed by atoms with E-state index < -0.39 is 69.2 Å².